The lowest BCUT2D eigenvalue weighted by atomic mass is 9.79. The molecule has 0 fully saturated rings. The molecular formula is C53H37N4+. The predicted molar refractivity (Wildman–Crippen MR) is 237 cm³/mol. The quantitative estimate of drug-likeness (QED) is 0.178. The Labute approximate surface area is 329 Å². The molecule has 10 aromatic rings. The number of benzene rings is 7. The third-order valence-electron chi connectivity index (χ3n) is 12.3. The summed E-state index contributed by atoms with van der Waals surface area (Å²) in [6.07, 6.45) is 13.7. The topological polar surface area (TPSA) is 36.9 Å². The molecule has 0 bridgehead atoms. The molecule has 2 atom stereocenters. The number of rotatable bonds is 4. The van der Waals surface area contributed by atoms with Crippen molar-refractivity contribution in [3.05, 3.63) is 194 Å². The van der Waals surface area contributed by atoms with Gasteiger partial charge in [0.1, 0.15) is 16.7 Å². The molecule has 3 aromatic heterocycles. The molecule has 0 saturated heterocycles. The van der Waals surface area contributed by atoms with Crippen LogP contribution in [-0.2, 0) is 0 Å². The van der Waals surface area contributed by atoms with Crippen LogP contribution in [0.3, 0.4) is 0 Å². The molecule has 0 radical (unpaired) electrons. The summed E-state index contributed by atoms with van der Waals surface area (Å²) in [4.78, 5) is 9.10. The molecule has 12 rings (SSSR count). The highest BCUT2D eigenvalue weighted by Gasteiger charge is 2.27. The van der Waals surface area contributed by atoms with Gasteiger partial charge in [0.2, 0.25) is 0 Å². The molecule has 0 saturated carbocycles. The van der Waals surface area contributed by atoms with E-state index in [1.54, 1.807) is 0 Å². The first-order valence-electron chi connectivity index (χ1n) is 19.8. The number of aromatic amines is 1. The van der Waals surface area contributed by atoms with Gasteiger partial charge < -0.3 is 4.57 Å². The molecule has 2 aliphatic carbocycles. The van der Waals surface area contributed by atoms with Crippen LogP contribution in [0.5, 0.6) is 0 Å². The summed E-state index contributed by atoms with van der Waals surface area (Å²) in [6, 6.07) is 55.0. The number of H-pyrrole nitrogens is 1. The maximum atomic E-state index is 5.29. The molecular weight excluding hydrogens is 693 g/mol. The van der Waals surface area contributed by atoms with Crippen LogP contribution < -0.4 is 4.98 Å². The zero-order valence-electron chi connectivity index (χ0n) is 31.4. The number of hydrogen-bond donors (Lipinski definition) is 0. The smallest absolute Gasteiger partial charge is 0.309 e. The number of fused-ring (bicyclic) bond motifs is 10. The molecule has 3 heterocycles. The van der Waals surface area contributed by atoms with Crippen LogP contribution in [0.2, 0.25) is 0 Å². The van der Waals surface area contributed by atoms with Crippen molar-refractivity contribution in [3.63, 3.8) is 0 Å². The van der Waals surface area contributed by atoms with Crippen LogP contribution >= 0.6 is 0 Å². The van der Waals surface area contributed by atoms with Crippen LogP contribution in [0.25, 0.3) is 99.3 Å². The van der Waals surface area contributed by atoms with E-state index in [1.807, 2.05) is 0 Å². The Morgan fingerprint density at radius 3 is 2.14 bits per heavy atom. The zero-order chi connectivity index (χ0) is 37.6. The van der Waals surface area contributed by atoms with E-state index in [9.17, 15) is 0 Å². The van der Waals surface area contributed by atoms with E-state index in [1.165, 1.54) is 65.7 Å². The van der Waals surface area contributed by atoms with E-state index in [0.29, 0.717) is 11.8 Å². The van der Waals surface area contributed by atoms with Gasteiger partial charge in [0, 0.05) is 38.7 Å². The summed E-state index contributed by atoms with van der Waals surface area (Å²) in [5, 5.41) is 8.49. The minimum atomic E-state index is 0.363. The monoisotopic (exact) mass is 729 g/mol. The van der Waals surface area contributed by atoms with Gasteiger partial charge in [0.15, 0.2) is 5.52 Å². The minimum absolute atomic E-state index is 0.363. The van der Waals surface area contributed by atoms with Crippen molar-refractivity contribution in [1.82, 2.24) is 14.1 Å². The summed E-state index contributed by atoms with van der Waals surface area (Å²) < 4.78 is 4.81. The van der Waals surface area contributed by atoms with Crippen LogP contribution in [0.15, 0.2) is 194 Å². The van der Waals surface area contributed by atoms with E-state index in [-0.39, 0.29) is 0 Å². The lowest BCUT2D eigenvalue weighted by molar-refractivity contribution is -0.361. The molecule has 7 aromatic carbocycles. The Morgan fingerprint density at radius 1 is 0.509 bits per heavy atom. The van der Waals surface area contributed by atoms with Crippen LogP contribution in [0.1, 0.15) is 6.92 Å². The van der Waals surface area contributed by atoms with Gasteiger partial charge >= 0.3 is 5.95 Å². The SMILES string of the molecule is CC1C=CC(n2c3ccccc3c3ccc(-c4ccc5c(c4)c4c6ccccc6ccc4n5-c4nc5ccccc5c(-c5ccccc5)[nH+]4)cc32)=C2C=CC=CC21. The number of aromatic nitrogens is 4. The number of allylic oxidation sites excluding steroid dienone is 8. The number of hydrogen-bond acceptors (Lipinski definition) is 1. The Bertz CT molecular complexity index is 3430. The third kappa shape index (κ3) is 4.80. The number of nitrogens with zero attached hydrogens (tertiary/aromatic N) is 3. The van der Waals surface area contributed by atoms with E-state index >= 15 is 0 Å². The van der Waals surface area contributed by atoms with Crippen LogP contribution in [-0.4, -0.2) is 14.1 Å². The van der Waals surface area contributed by atoms with Crippen molar-refractivity contribution in [2.75, 3.05) is 0 Å². The van der Waals surface area contributed by atoms with Gasteiger partial charge in [-0.2, -0.15) is 4.57 Å². The second kappa shape index (κ2) is 12.4. The second-order valence-electron chi connectivity index (χ2n) is 15.5. The van der Waals surface area contributed by atoms with Gasteiger partial charge in [0.25, 0.3) is 0 Å². The highest BCUT2D eigenvalue weighted by atomic mass is 15.2. The Morgan fingerprint density at radius 2 is 1.23 bits per heavy atom. The van der Waals surface area contributed by atoms with Gasteiger partial charge in [-0.3, -0.25) is 0 Å². The van der Waals surface area contributed by atoms with Gasteiger partial charge in [-0.1, -0.05) is 151 Å². The van der Waals surface area contributed by atoms with Gasteiger partial charge in [-0.15, -0.1) is 0 Å². The van der Waals surface area contributed by atoms with E-state index in [4.69, 9.17) is 4.98 Å². The lowest BCUT2D eigenvalue weighted by Gasteiger charge is -2.29. The number of nitrogens with one attached hydrogen (secondary N) is 1. The van der Waals surface area contributed by atoms with E-state index in [2.05, 4.69) is 209 Å². The van der Waals surface area contributed by atoms with Crippen molar-refractivity contribution >= 4 is 71.0 Å². The Hall–Kier alpha value is -7.30. The maximum absolute atomic E-state index is 5.29. The van der Waals surface area contributed by atoms with Crippen molar-refractivity contribution < 1.29 is 4.98 Å². The fourth-order valence-corrected chi connectivity index (χ4v) is 9.58. The molecule has 2 aliphatic rings. The van der Waals surface area contributed by atoms with Crippen LogP contribution in [0, 0.1) is 11.8 Å². The molecule has 0 amide bonds. The average Bonchev–Trinajstić information content (AvgIpc) is 3.79. The maximum Gasteiger partial charge on any atom is 0.402 e. The fourth-order valence-electron chi connectivity index (χ4n) is 9.58. The van der Waals surface area contributed by atoms with Crippen molar-refractivity contribution in [3.8, 4) is 28.3 Å². The fraction of sp³-hybridized carbons (Fsp3) is 0.0566. The Kier molecular flexibility index (Phi) is 6.93. The molecule has 0 aliphatic heterocycles. The first-order valence-corrected chi connectivity index (χ1v) is 19.8. The van der Waals surface area contributed by atoms with Crippen molar-refractivity contribution in [1.29, 1.82) is 0 Å². The molecule has 2 unspecified atom stereocenters. The molecule has 268 valence electrons. The van der Waals surface area contributed by atoms with Gasteiger partial charge in [-0.25, -0.2) is 4.98 Å². The first kappa shape index (κ1) is 32.0. The predicted octanol–water partition coefficient (Wildman–Crippen LogP) is 12.9. The zero-order valence-corrected chi connectivity index (χ0v) is 31.4. The van der Waals surface area contributed by atoms with Gasteiger partial charge in [-0.05, 0) is 81.9 Å². The van der Waals surface area contributed by atoms with Crippen molar-refractivity contribution in [2.24, 2.45) is 11.8 Å². The largest absolute Gasteiger partial charge is 0.402 e. The standard InChI is InChI=1S/C53H36N4/c1-33-23-28-47(40-18-8-7-16-38(33)40)56-46-22-12-10-19-41(46)42-27-24-37(32-50(42)56)36-26-29-48-44(31-36)51-39-17-6-5-13-34(39)25-30-49(51)57(48)53-54-45-21-11-9-20-43(45)52(55-53)35-14-3-2-4-15-35/h2-33,38H,1H3/p+1. The van der Waals surface area contributed by atoms with Crippen molar-refractivity contribution in [2.45, 2.75) is 6.92 Å². The molecule has 4 nitrogen and oxygen atoms in total. The first-order chi connectivity index (χ1) is 28.2. The average molecular weight is 730 g/mol. The highest BCUT2D eigenvalue weighted by Crippen LogP contribution is 2.43. The Balaban J connectivity index is 1.11. The summed E-state index contributed by atoms with van der Waals surface area (Å²) in [5.41, 5.74) is 12.8. The normalized spacial score (nSPS) is 16.6. The molecule has 57 heavy (non-hydrogen) atoms. The van der Waals surface area contributed by atoms with E-state index in [0.717, 1.165) is 39.1 Å². The lowest BCUT2D eigenvalue weighted by Crippen LogP contribution is -2.19. The summed E-state index contributed by atoms with van der Waals surface area (Å²) in [7, 11) is 0. The summed E-state index contributed by atoms with van der Waals surface area (Å²) >= 11 is 0. The summed E-state index contributed by atoms with van der Waals surface area (Å²) in [5.74, 6) is 1.60. The molecule has 0 spiro atoms. The highest BCUT2D eigenvalue weighted by molar-refractivity contribution is 6.22. The number of para-hydroxylation sites is 2. The minimum Gasteiger partial charge on any atom is -0.309 e. The van der Waals surface area contributed by atoms with Gasteiger partial charge in [0.05, 0.1) is 16.4 Å². The molecule has 4 heteroatoms. The third-order valence-corrected chi connectivity index (χ3v) is 12.3. The second-order valence-corrected chi connectivity index (χ2v) is 15.5. The molecule has 1 N–H and O–H groups in total. The van der Waals surface area contributed by atoms with E-state index < -0.39 is 0 Å². The summed E-state index contributed by atoms with van der Waals surface area (Å²) in [6.45, 7) is 2.32. The van der Waals surface area contributed by atoms with Crippen LogP contribution in [0.4, 0.5) is 0 Å².